The van der Waals surface area contributed by atoms with Gasteiger partial charge in [0.15, 0.2) is 0 Å². The zero-order valence-electron chi connectivity index (χ0n) is 11.6. The molecule has 0 heterocycles. The number of unbranched alkanes of at least 4 members (excludes halogenated alkanes) is 1. The Morgan fingerprint density at radius 3 is 2.40 bits per heavy atom. The van der Waals surface area contributed by atoms with Crippen molar-refractivity contribution >= 4 is 17.8 Å². The van der Waals surface area contributed by atoms with Crippen molar-refractivity contribution in [3.8, 4) is 0 Å². The number of carbonyl (C=O) groups is 3. The molecular weight excluding hydrogens is 266 g/mol. The van der Waals surface area contributed by atoms with E-state index in [1.54, 1.807) is 0 Å². The Morgan fingerprint density at radius 1 is 1.25 bits per heavy atom. The highest BCUT2D eigenvalue weighted by Crippen LogP contribution is 2.04. The van der Waals surface area contributed by atoms with Gasteiger partial charge >= 0.3 is 11.9 Å². The third-order valence-electron chi connectivity index (χ3n) is 2.76. The first kappa shape index (κ1) is 18.3. The van der Waals surface area contributed by atoms with Crippen LogP contribution in [-0.2, 0) is 19.1 Å². The fourth-order valence-corrected chi connectivity index (χ4v) is 1.57. The molecule has 0 aliphatic carbocycles. The minimum atomic E-state index is -1.03. The molecular formula is C12H23N3O5. The van der Waals surface area contributed by atoms with Gasteiger partial charge in [0.25, 0.3) is 0 Å². The third kappa shape index (κ3) is 7.70. The van der Waals surface area contributed by atoms with Crippen LogP contribution in [0.2, 0.25) is 0 Å². The lowest BCUT2D eigenvalue weighted by Crippen LogP contribution is -2.48. The van der Waals surface area contributed by atoms with Gasteiger partial charge in [0.05, 0.1) is 13.2 Å². The van der Waals surface area contributed by atoms with Gasteiger partial charge in [0.2, 0.25) is 5.91 Å². The number of hydrogen-bond acceptors (Lipinski definition) is 6. The number of aliphatic carboxylic acids is 1. The highest BCUT2D eigenvalue weighted by Gasteiger charge is 2.24. The molecule has 0 aliphatic rings. The fourth-order valence-electron chi connectivity index (χ4n) is 1.57. The van der Waals surface area contributed by atoms with Gasteiger partial charge in [-0.15, -0.1) is 0 Å². The summed E-state index contributed by atoms with van der Waals surface area (Å²) in [5.74, 6) is -2.14. The standard InChI is InChI=1S/C12H23N3O5/c1-20-12(19)9(4-2-3-7-13)15-11(18)8(14)5-6-10(16)17/h8-9H,2-7,13-14H2,1H3,(H,15,18)(H,16,17)/t8-,9?/m0/s1. The van der Waals surface area contributed by atoms with Gasteiger partial charge in [-0.1, -0.05) is 0 Å². The Morgan fingerprint density at radius 2 is 1.90 bits per heavy atom. The van der Waals surface area contributed by atoms with Gasteiger partial charge in [0.1, 0.15) is 6.04 Å². The molecule has 0 saturated heterocycles. The molecule has 116 valence electrons. The van der Waals surface area contributed by atoms with Gasteiger partial charge in [-0.25, -0.2) is 4.79 Å². The average Bonchev–Trinajstić information content (AvgIpc) is 2.42. The largest absolute Gasteiger partial charge is 0.481 e. The molecule has 0 spiro atoms. The van der Waals surface area contributed by atoms with Crippen molar-refractivity contribution in [2.45, 2.75) is 44.2 Å². The number of carbonyl (C=O) groups excluding carboxylic acids is 2. The zero-order chi connectivity index (χ0) is 15.5. The molecule has 1 amide bonds. The van der Waals surface area contributed by atoms with Crippen LogP contribution in [0.25, 0.3) is 0 Å². The van der Waals surface area contributed by atoms with E-state index < -0.39 is 29.9 Å². The molecule has 20 heavy (non-hydrogen) atoms. The Hall–Kier alpha value is -1.67. The second-order valence-electron chi connectivity index (χ2n) is 4.41. The lowest BCUT2D eigenvalue weighted by atomic mass is 10.1. The summed E-state index contributed by atoms with van der Waals surface area (Å²) in [6.45, 7) is 0.500. The van der Waals surface area contributed by atoms with E-state index in [2.05, 4.69) is 10.1 Å². The van der Waals surface area contributed by atoms with E-state index in [0.717, 1.165) is 6.42 Å². The smallest absolute Gasteiger partial charge is 0.328 e. The second-order valence-corrected chi connectivity index (χ2v) is 4.41. The minimum absolute atomic E-state index is 0.0118. The van der Waals surface area contributed by atoms with Crippen LogP contribution in [0.3, 0.4) is 0 Å². The maximum atomic E-state index is 11.8. The molecule has 8 heteroatoms. The number of carboxylic acids is 1. The van der Waals surface area contributed by atoms with Crippen LogP contribution in [0.4, 0.5) is 0 Å². The Kier molecular flexibility index (Phi) is 9.31. The molecule has 8 nitrogen and oxygen atoms in total. The maximum absolute atomic E-state index is 11.8. The average molecular weight is 289 g/mol. The van der Waals surface area contributed by atoms with E-state index >= 15 is 0 Å². The number of nitrogens with two attached hydrogens (primary N) is 2. The number of rotatable bonds is 10. The van der Waals surface area contributed by atoms with Crippen molar-refractivity contribution in [2.75, 3.05) is 13.7 Å². The van der Waals surface area contributed by atoms with Crippen molar-refractivity contribution < 1.29 is 24.2 Å². The van der Waals surface area contributed by atoms with Crippen LogP contribution >= 0.6 is 0 Å². The number of carboxylic acid groups (broad SMARTS) is 1. The van der Waals surface area contributed by atoms with Crippen molar-refractivity contribution in [3.63, 3.8) is 0 Å². The molecule has 0 aromatic heterocycles. The monoisotopic (exact) mass is 289 g/mol. The third-order valence-corrected chi connectivity index (χ3v) is 2.76. The lowest BCUT2D eigenvalue weighted by Gasteiger charge is -2.18. The van der Waals surface area contributed by atoms with Crippen LogP contribution in [-0.4, -0.2) is 48.7 Å². The first-order valence-corrected chi connectivity index (χ1v) is 6.48. The predicted octanol–water partition coefficient (Wildman–Crippen LogP) is -1.03. The summed E-state index contributed by atoms with van der Waals surface area (Å²) >= 11 is 0. The van der Waals surface area contributed by atoms with E-state index in [1.165, 1.54) is 7.11 Å². The molecule has 2 atom stereocenters. The molecule has 0 rings (SSSR count). The summed E-state index contributed by atoms with van der Waals surface area (Å²) < 4.78 is 4.60. The summed E-state index contributed by atoms with van der Waals surface area (Å²) in [6, 6.07) is -1.75. The summed E-state index contributed by atoms with van der Waals surface area (Å²) in [5, 5.41) is 11.0. The topological polar surface area (TPSA) is 145 Å². The summed E-state index contributed by atoms with van der Waals surface area (Å²) in [7, 11) is 1.23. The van der Waals surface area contributed by atoms with Crippen molar-refractivity contribution in [1.82, 2.24) is 5.32 Å². The summed E-state index contributed by atoms with van der Waals surface area (Å²) in [4.78, 5) is 33.7. The molecule has 0 radical (unpaired) electrons. The first-order chi connectivity index (χ1) is 9.42. The van der Waals surface area contributed by atoms with Crippen LogP contribution in [0, 0.1) is 0 Å². The molecule has 0 bridgehead atoms. The minimum Gasteiger partial charge on any atom is -0.481 e. The molecule has 0 fully saturated rings. The quantitative estimate of drug-likeness (QED) is 0.297. The van der Waals surface area contributed by atoms with Crippen molar-refractivity contribution in [2.24, 2.45) is 11.5 Å². The molecule has 0 aromatic carbocycles. The molecule has 1 unspecified atom stereocenters. The number of ether oxygens (including phenoxy) is 1. The zero-order valence-corrected chi connectivity index (χ0v) is 11.6. The van der Waals surface area contributed by atoms with E-state index in [-0.39, 0.29) is 12.8 Å². The van der Waals surface area contributed by atoms with E-state index in [1.807, 2.05) is 0 Å². The molecule has 6 N–H and O–H groups in total. The van der Waals surface area contributed by atoms with Crippen LogP contribution in [0.15, 0.2) is 0 Å². The predicted molar refractivity (Wildman–Crippen MR) is 71.7 cm³/mol. The Bertz CT molecular complexity index is 335. The van der Waals surface area contributed by atoms with E-state index in [0.29, 0.717) is 19.4 Å². The number of amides is 1. The molecule has 0 aliphatic heterocycles. The highest BCUT2D eigenvalue weighted by molar-refractivity contribution is 5.87. The lowest BCUT2D eigenvalue weighted by molar-refractivity contribution is -0.145. The fraction of sp³-hybridized carbons (Fsp3) is 0.750. The van der Waals surface area contributed by atoms with Crippen LogP contribution < -0.4 is 16.8 Å². The first-order valence-electron chi connectivity index (χ1n) is 6.48. The van der Waals surface area contributed by atoms with Gasteiger partial charge in [0, 0.05) is 6.42 Å². The van der Waals surface area contributed by atoms with Crippen LogP contribution in [0.1, 0.15) is 32.1 Å². The van der Waals surface area contributed by atoms with Gasteiger partial charge in [-0.3, -0.25) is 9.59 Å². The second kappa shape index (κ2) is 10.2. The maximum Gasteiger partial charge on any atom is 0.328 e. The molecule has 0 aromatic rings. The van der Waals surface area contributed by atoms with E-state index in [9.17, 15) is 14.4 Å². The normalized spacial score (nSPS) is 13.3. The summed E-state index contributed by atoms with van der Waals surface area (Å²) in [5.41, 5.74) is 10.9. The van der Waals surface area contributed by atoms with E-state index in [4.69, 9.17) is 16.6 Å². The Labute approximate surface area is 117 Å². The number of esters is 1. The van der Waals surface area contributed by atoms with Gasteiger partial charge < -0.3 is 26.6 Å². The SMILES string of the molecule is COC(=O)C(CCCCN)NC(=O)[C@@H](N)CCC(=O)O. The van der Waals surface area contributed by atoms with Gasteiger partial charge in [-0.2, -0.15) is 0 Å². The molecule has 0 saturated carbocycles. The summed E-state index contributed by atoms with van der Waals surface area (Å²) in [6.07, 6.45) is 1.61. The highest BCUT2D eigenvalue weighted by atomic mass is 16.5. The number of nitrogens with one attached hydrogen (secondary N) is 1. The number of methoxy groups -OCH3 is 1. The number of hydrogen-bond donors (Lipinski definition) is 4. The van der Waals surface area contributed by atoms with Crippen LogP contribution in [0.5, 0.6) is 0 Å². The van der Waals surface area contributed by atoms with Gasteiger partial charge in [-0.05, 0) is 32.2 Å². The Balaban J connectivity index is 4.36. The van der Waals surface area contributed by atoms with Crippen molar-refractivity contribution in [1.29, 1.82) is 0 Å². The van der Waals surface area contributed by atoms with Crippen molar-refractivity contribution in [3.05, 3.63) is 0 Å².